The molecule has 4 fully saturated rings. The fourth-order valence-electron chi connectivity index (χ4n) is 10.4. The third-order valence-corrected chi connectivity index (χ3v) is 13.4. The molecule has 230 valence electrons. The van der Waals surface area contributed by atoms with Gasteiger partial charge in [0, 0.05) is 47.6 Å². The summed E-state index contributed by atoms with van der Waals surface area (Å²) >= 11 is 1.77. The number of carbonyl (C=O) groups excluding carboxylic acids is 3. The molecule has 0 aromatic carbocycles. The topological polar surface area (TPSA) is 83.9 Å². The molecule has 1 aliphatic heterocycles. The molecule has 43 heavy (non-hydrogen) atoms. The predicted octanol–water partition coefficient (Wildman–Crippen LogP) is 5.19. The highest BCUT2D eigenvalue weighted by molar-refractivity contribution is 7.13. The molecule has 1 N–H and O–H groups in total. The lowest BCUT2D eigenvalue weighted by Crippen LogP contribution is -2.69. The monoisotopic (exact) mass is 611 g/mol. The first-order chi connectivity index (χ1) is 20.3. The van der Waals surface area contributed by atoms with E-state index < -0.39 is 46.1 Å². The summed E-state index contributed by atoms with van der Waals surface area (Å²) in [6, 6.07) is 2.26. The molecule has 5 aliphatic carbocycles. The standard InChI is InChI=1S/C34H39F2NO5S/c1-19(38)42-17-30(41)33-18-37(16-23-10-20-6-4-5-7-28(20)43-23)15-21(33)11-24-25-13-27(35)26-12-22(39)8-9-31(26,2)34(25,36)29(40)14-32(24,33)3/h5,7-10,12,21,24-25,27,29,40H,4,6,11,13-18H2,1-3H3/t21-,24?,25-,27-,29-,31-,32-,33+,34-/m0/s1. The van der Waals surface area contributed by atoms with E-state index in [0.717, 1.165) is 12.8 Å². The lowest BCUT2D eigenvalue weighted by Gasteiger charge is -2.63. The molecule has 3 saturated carbocycles. The zero-order valence-corrected chi connectivity index (χ0v) is 25.7. The van der Waals surface area contributed by atoms with Crippen molar-refractivity contribution in [2.24, 2.45) is 34.0 Å². The van der Waals surface area contributed by atoms with Crippen LogP contribution in [0.4, 0.5) is 8.78 Å². The number of alkyl halides is 2. The van der Waals surface area contributed by atoms with Gasteiger partial charge in [-0.3, -0.25) is 19.3 Å². The maximum Gasteiger partial charge on any atom is 0.303 e. The van der Waals surface area contributed by atoms with Gasteiger partial charge in [0.05, 0.1) is 11.5 Å². The second kappa shape index (κ2) is 9.75. The summed E-state index contributed by atoms with van der Waals surface area (Å²) in [6.45, 7) is 6.19. The van der Waals surface area contributed by atoms with Crippen LogP contribution in [-0.4, -0.2) is 65.2 Å². The molecule has 0 amide bonds. The van der Waals surface area contributed by atoms with Crippen LogP contribution in [0.15, 0.2) is 35.9 Å². The Morgan fingerprint density at radius 1 is 1.21 bits per heavy atom. The number of ketones is 2. The fraction of sp³-hybridized carbons (Fsp3) is 0.618. The summed E-state index contributed by atoms with van der Waals surface area (Å²) in [6.07, 6.45) is 7.77. The molecular formula is C34H39F2NO5S. The number of rotatable bonds is 5. The van der Waals surface area contributed by atoms with E-state index >= 15 is 8.78 Å². The van der Waals surface area contributed by atoms with E-state index in [0.29, 0.717) is 26.1 Å². The van der Waals surface area contributed by atoms with E-state index in [1.165, 1.54) is 40.5 Å². The average Bonchev–Trinajstić information content (AvgIpc) is 3.60. The number of allylic oxidation sites excluding steroid dienone is 5. The number of aryl methyl sites for hydroxylation is 1. The number of thiophene rings is 1. The van der Waals surface area contributed by atoms with E-state index in [2.05, 4.69) is 23.1 Å². The number of aliphatic hydroxyl groups excluding tert-OH is 1. The summed E-state index contributed by atoms with van der Waals surface area (Å²) in [4.78, 5) is 43.0. The van der Waals surface area contributed by atoms with E-state index in [-0.39, 0.29) is 48.4 Å². The zero-order valence-electron chi connectivity index (χ0n) is 24.9. The minimum Gasteiger partial charge on any atom is -0.458 e. The second-order valence-electron chi connectivity index (χ2n) is 14.2. The summed E-state index contributed by atoms with van der Waals surface area (Å²) in [7, 11) is 0. The molecule has 6 nitrogen and oxygen atoms in total. The normalized spacial score (nSPS) is 42.9. The van der Waals surface area contributed by atoms with Gasteiger partial charge in [-0.25, -0.2) is 8.78 Å². The Bertz CT molecular complexity index is 1500. The molecule has 0 bridgehead atoms. The molecule has 2 heterocycles. The van der Waals surface area contributed by atoms with Crippen molar-refractivity contribution in [2.75, 3.05) is 19.7 Å². The minimum absolute atomic E-state index is 0.0283. The van der Waals surface area contributed by atoms with Gasteiger partial charge < -0.3 is 9.84 Å². The predicted molar refractivity (Wildman–Crippen MR) is 159 cm³/mol. The fourth-order valence-corrected chi connectivity index (χ4v) is 11.5. The summed E-state index contributed by atoms with van der Waals surface area (Å²) in [5.41, 5.74) is -4.03. The summed E-state index contributed by atoms with van der Waals surface area (Å²) in [5, 5.41) is 11.8. The van der Waals surface area contributed by atoms with Gasteiger partial charge in [-0.05, 0) is 91.7 Å². The SMILES string of the molecule is CC(=O)OCC(=O)[C@@]12CN(Cc3cc4c(s3)C=CCC4)C[C@@H]1CC1[C@@H]3C[C@H](F)C4=CC(=O)C=C[C@]4(C)[C@@]3(F)[C@@H](O)C[C@@]12C. The van der Waals surface area contributed by atoms with Crippen LogP contribution in [0.25, 0.3) is 6.08 Å². The molecule has 1 unspecified atom stereocenters. The number of carbonyl (C=O) groups is 3. The van der Waals surface area contributed by atoms with E-state index in [1.54, 1.807) is 18.3 Å². The number of halogens is 2. The van der Waals surface area contributed by atoms with Crippen LogP contribution < -0.4 is 0 Å². The van der Waals surface area contributed by atoms with Gasteiger partial charge in [0.15, 0.2) is 23.8 Å². The third kappa shape index (κ3) is 3.89. The lowest BCUT2D eigenvalue weighted by atomic mass is 9.43. The Balaban J connectivity index is 1.26. The first-order valence-corrected chi connectivity index (χ1v) is 16.3. The number of nitrogens with zero attached hydrogens (tertiary/aromatic N) is 1. The molecule has 7 rings (SSSR count). The van der Waals surface area contributed by atoms with Crippen molar-refractivity contribution in [2.45, 2.75) is 77.4 Å². The van der Waals surface area contributed by atoms with Crippen LogP contribution in [0.3, 0.4) is 0 Å². The van der Waals surface area contributed by atoms with Crippen molar-refractivity contribution in [3.63, 3.8) is 0 Å². The molecule has 0 spiro atoms. The third-order valence-electron chi connectivity index (χ3n) is 12.3. The van der Waals surface area contributed by atoms with Gasteiger partial charge in [-0.1, -0.05) is 19.1 Å². The maximum atomic E-state index is 17.7. The molecule has 1 saturated heterocycles. The Morgan fingerprint density at radius 3 is 2.74 bits per heavy atom. The van der Waals surface area contributed by atoms with Crippen molar-refractivity contribution < 1.29 is 33.0 Å². The Kier molecular flexibility index (Phi) is 6.63. The van der Waals surface area contributed by atoms with Gasteiger partial charge >= 0.3 is 5.97 Å². The summed E-state index contributed by atoms with van der Waals surface area (Å²) in [5.74, 6) is -2.48. The number of ether oxygens (including phenoxy) is 1. The van der Waals surface area contributed by atoms with Crippen molar-refractivity contribution in [1.29, 1.82) is 0 Å². The van der Waals surface area contributed by atoms with Gasteiger partial charge in [0.2, 0.25) is 0 Å². The second-order valence-corrected chi connectivity index (χ2v) is 15.3. The van der Waals surface area contributed by atoms with E-state index in [4.69, 9.17) is 4.74 Å². The quantitative estimate of drug-likeness (QED) is 0.462. The number of Topliss-reactive ketones (excluding diaryl/α,β-unsaturated/α-hetero) is 1. The number of fused-ring (bicyclic) bond motifs is 8. The Morgan fingerprint density at radius 2 is 2.00 bits per heavy atom. The number of likely N-dealkylation sites (tertiary alicyclic amines) is 1. The van der Waals surface area contributed by atoms with E-state index in [1.807, 2.05) is 6.92 Å². The molecule has 6 aliphatic rings. The van der Waals surface area contributed by atoms with Gasteiger partial charge in [0.1, 0.15) is 6.17 Å². The maximum absolute atomic E-state index is 17.7. The highest BCUT2D eigenvalue weighted by Crippen LogP contribution is 2.74. The van der Waals surface area contributed by atoms with Gasteiger partial charge in [-0.2, -0.15) is 0 Å². The largest absolute Gasteiger partial charge is 0.458 e. The first-order valence-electron chi connectivity index (χ1n) is 15.5. The number of hydrogen-bond acceptors (Lipinski definition) is 7. The van der Waals surface area contributed by atoms with Crippen LogP contribution in [0.2, 0.25) is 0 Å². The molecule has 9 heteroatoms. The summed E-state index contributed by atoms with van der Waals surface area (Å²) < 4.78 is 38.8. The Hall–Kier alpha value is -2.49. The Labute approximate surface area is 254 Å². The molecule has 1 aromatic heterocycles. The van der Waals surface area contributed by atoms with Crippen molar-refractivity contribution in [3.05, 3.63) is 51.3 Å². The van der Waals surface area contributed by atoms with Gasteiger partial charge in [0.25, 0.3) is 0 Å². The average molecular weight is 612 g/mol. The van der Waals surface area contributed by atoms with Crippen molar-refractivity contribution in [3.8, 4) is 0 Å². The smallest absolute Gasteiger partial charge is 0.303 e. The van der Waals surface area contributed by atoms with E-state index in [9.17, 15) is 19.5 Å². The van der Waals surface area contributed by atoms with Gasteiger partial charge in [-0.15, -0.1) is 11.3 Å². The highest BCUT2D eigenvalue weighted by atomic mass is 32.1. The van der Waals surface area contributed by atoms with Crippen LogP contribution >= 0.6 is 11.3 Å². The molecule has 9 atom stereocenters. The molecule has 1 aromatic rings. The number of esters is 1. The first kappa shape index (κ1) is 29.2. The highest BCUT2D eigenvalue weighted by Gasteiger charge is 2.78. The molecular weight excluding hydrogens is 572 g/mol. The van der Waals surface area contributed by atoms with Crippen molar-refractivity contribution in [1.82, 2.24) is 4.90 Å². The van der Waals surface area contributed by atoms with Crippen LogP contribution in [-0.2, 0) is 32.1 Å². The van der Waals surface area contributed by atoms with Crippen LogP contribution in [0, 0.1) is 34.0 Å². The number of hydrogen-bond donors (Lipinski definition) is 1. The molecule has 0 radical (unpaired) electrons. The lowest BCUT2D eigenvalue weighted by molar-refractivity contribution is -0.212. The van der Waals surface area contributed by atoms with Crippen molar-refractivity contribution >= 4 is 34.9 Å². The number of aliphatic hydroxyl groups is 1. The van der Waals surface area contributed by atoms with Crippen LogP contribution in [0.1, 0.15) is 61.8 Å². The van der Waals surface area contributed by atoms with Crippen LogP contribution in [0.5, 0.6) is 0 Å². The zero-order chi connectivity index (χ0) is 30.5. The minimum atomic E-state index is -2.19.